The van der Waals surface area contributed by atoms with Crippen LogP contribution in [0.5, 0.6) is 0 Å². The lowest BCUT2D eigenvalue weighted by molar-refractivity contribution is 0.0994. The first kappa shape index (κ1) is 13.5. The van der Waals surface area contributed by atoms with E-state index in [2.05, 4.69) is 38.3 Å². The van der Waals surface area contributed by atoms with Crippen molar-refractivity contribution in [3.8, 4) is 0 Å². The Hall–Kier alpha value is -1.48. The zero-order valence-electron chi connectivity index (χ0n) is 12.2. The Morgan fingerprint density at radius 2 is 2.05 bits per heavy atom. The zero-order valence-corrected chi connectivity index (χ0v) is 13.0. The molecule has 20 heavy (non-hydrogen) atoms. The molecule has 104 valence electrons. The molecule has 0 radical (unpaired) electrons. The van der Waals surface area contributed by atoms with Gasteiger partial charge in [0.1, 0.15) is 0 Å². The van der Waals surface area contributed by atoms with Crippen molar-refractivity contribution in [3.63, 3.8) is 0 Å². The molecule has 1 heterocycles. The Balaban J connectivity index is 1.82. The van der Waals surface area contributed by atoms with Crippen molar-refractivity contribution in [2.24, 2.45) is 0 Å². The number of Topliss-reactive ketones (excluding diaryl/α,β-unsaturated/α-hetero) is 1. The molecule has 0 atom stereocenters. The van der Waals surface area contributed by atoms with Gasteiger partial charge in [0.05, 0.1) is 10.7 Å². The van der Waals surface area contributed by atoms with E-state index in [0.29, 0.717) is 6.42 Å². The number of aryl methyl sites for hydroxylation is 1. The van der Waals surface area contributed by atoms with E-state index in [1.807, 2.05) is 6.07 Å². The maximum Gasteiger partial charge on any atom is 0.163 e. The topological polar surface area (TPSA) is 30.0 Å². The van der Waals surface area contributed by atoms with E-state index >= 15 is 0 Å². The van der Waals surface area contributed by atoms with E-state index in [1.54, 1.807) is 11.3 Å². The number of aromatic nitrogens is 1. The highest BCUT2D eigenvalue weighted by Gasteiger charge is 2.20. The van der Waals surface area contributed by atoms with Crippen molar-refractivity contribution in [2.45, 2.75) is 45.4 Å². The second-order valence-electron chi connectivity index (χ2n) is 6.47. The van der Waals surface area contributed by atoms with Crippen molar-refractivity contribution >= 4 is 17.1 Å². The number of fused-ring (bicyclic) bond motifs is 1. The summed E-state index contributed by atoms with van der Waals surface area (Å²) >= 11 is 1.73. The largest absolute Gasteiger partial charge is 0.294 e. The molecule has 0 fully saturated rings. The summed E-state index contributed by atoms with van der Waals surface area (Å²) in [4.78, 5) is 16.4. The molecule has 0 aliphatic heterocycles. The van der Waals surface area contributed by atoms with Gasteiger partial charge in [-0.3, -0.25) is 4.79 Å². The number of hydrogen-bond acceptors (Lipinski definition) is 3. The highest BCUT2D eigenvalue weighted by atomic mass is 32.1. The summed E-state index contributed by atoms with van der Waals surface area (Å²) < 4.78 is 0. The third-order valence-corrected chi connectivity index (χ3v) is 4.62. The molecular weight excluding hydrogens is 266 g/mol. The third kappa shape index (κ3) is 2.55. The van der Waals surface area contributed by atoms with Crippen LogP contribution in [0.1, 0.15) is 59.4 Å². The van der Waals surface area contributed by atoms with Crippen molar-refractivity contribution < 1.29 is 4.79 Å². The minimum Gasteiger partial charge on any atom is -0.294 e. The monoisotopic (exact) mass is 285 g/mol. The highest BCUT2D eigenvalue weighted by molar-refractivity contribution is 7.09. The quantitative estimate of drug-likeness (QED) is 0.829. The Kier molecular flexibility index (Phi) is 3.25. The smallest absolute Gasteiger partial charge is 0.163 e. The summed E-state index contributed by atoms with van der Waals surface area (Å²) in [6.07, 6.45) is 2.43. The summed E-state index contributed by atoms with van der Waals surface area (Å²) in [6.45, 7) is 6.56. The molecule has 1 aliphatic carbocycles. The molecule has 3 rings (SSSR count). The van der Waals surface area contributed by atoms with Crippen LogP contribution in [0.2, 0.25) is 0 Å². The van der Waals surface area contributed by atoms with Gasteiger partial charge in [-0.25, -0.2) is 4.98 Å². The number of benzene rings is 1. The van der Waals surface area contributed by atoms with Gasteiger partial charge in [-0.1, -0.05) is 39.0 Å². The maximum absolute atomic E-state index is 11.6. The Bertz CT molecular complexity index is 664. The van der Waals surface area contributed by atoms with Crippen LogP contribution in [-0.4, -0.2) is 10.8 Å². The van der Waals surface area contributed by atoms with Gasteiger partial charge in [-0.2, -0.15) is 0 Å². The zero-order chi connectivity index (χ0) is 14.3. The predicted molar refractivity (Wildman–Crippen MR) is 82.7 cm³/mol. The lowest BCUT2D eigenvalue weighted by Gasteiger charge is -2.14. The molecular formula is C17H19NOS. The second kappa shape index (κ2) is 4.81. The molecule has 3 heteroatoms. The number of hydrogen-bond donors (Lipinski definition) is 0. The number of thiazole rings is 1. The van der Waals surface area contributed by atoms with Gasteiger partial charge in [0.15, 0.2) is 5.78 Å². The van der Waals surface area contributed by atoms with Crippen LogP contribution in [0, 0.1) is 0 Å². The first-order valence-corrected chi connectivity index (χ1v) is 7.91. The van der Waals surface area contributed by atoms with Crippen LogP contribution in [0.3, 0.4) is 0 Å². The van der Waals surface area contributed by atoms with E-state index < -0.39 is 0 Å². The molecule has 0 saturated heterocycles. The van der Waals surface area contributed by atoms with Crippen LogP contribution < -0.4 is 0 Å². The lowest BCUT2D eigenvalue weighted by atomic mass is 9.93. The third-order valence-electron chi connectivity index (χ3n) is 3.77. The lowest BCUT2D eigenvalue weighted by Crippen LogP contribution is -2.11. The highest BCUT2D eigenvalue weighted by Crippen LogP contribution is 2.27. The Labute approximate surface area is 123 Å². The van der Waals surface area contributed by atoms with Gasteiger partial charge in [0, 0.05) is 29.2 Å². The van der Waals surface area contributed by atoms with E-state index in [0.717, 1.165) is 29.1 Å². The van der Waals surface area contributed by atoms with Crippen LogP contribution >= 0.6 is 11.3 Å². The normalized spacial score (nSPS) is 14.7. The fraction of sp³-hybridized carbons (Fsp3) is 0.412. The summed E-state index contributed by atoms with van der Waals surface area (Å²) in [7, 11) is 0. The van der Waals surface area contributed by atoms with Crippen LogP contribution in [0.4, 0.5) is 0 Å². The average molecular weight is 285 g/mol. The van der Waals surface area contributed by atoms with Gasteiger partial charge >= 0.3 is 0 Å². The Morgan fingerprint density at radius 1 is 1.25 bits per heavy atom. The van der Waals surface area contributed by atoms with E-state index in [4.69, 9.17) is 4.98 Å². The Morgan fingerprint density at radius 3 is 2.75 bits per heavy atom. The van der Waals surface area contributed by atoms with Crippen molar-refractivity contribution in [1.82, 2.24) is 4.98 Å². The predicted octanol–water partition coefficient (Wildman–Crippen LogP) is 4.16. The second-order valence-corrected chi connectivity index (χ2v) is 7.41. The average Bonchev–Trinajstić information content (AvgIpc) is 2.97. The van der Waals surface area contributed by atoms with Crippen LogP contribution in [0.15, 0.2) is 23.6 Å². The molecule has 0 amide bonds. The molecule has 0 spiro atoms. The van der Waals surface area contributed by atoms with Crippen LogP contribution in [-0.2, 0) is 18.3 Å². The van der Waals surface area contributed by atoms with Crippen LogP contribution in [0.25, 0.3) is 0 Å². The molecule has 0 unspecified atom stereocenters. The number of carbonyl (C=O) groups excluding carboxylic acids is 1. The molecule has 1 aliphatic rings. The fourth-order valence-corrected chi connectivity index (χ4v) is 3.58. The van der Waals surface area contributed by atoms with Crippen molar-refractivity contribution in [1.29, 1.82) is 0 Å². The van der Waals surface area contributed by atoms with Crippen molar-refractivity contribution in [2.75, 3.05) is 0 Å². The first-order valence-electron chi connectivity index (χ1n) is 7.03. The minimum absolute atomic E-state index is 0.110. The summed E-state index contributed by atoms with van der Waals surface area (Å²) in [6, 6.07) is 6.23. The summed E-state index contributed by atoms with van der Waals surface area (Å²) in [5.41, 5.74) is 4.66. The molecule has 0 N–H and O–H groups in total. The summed E-state index contributed by atoms with van der Waals surface area (Å²) in [5.74, 6) is 0.288. The van der Waals surface area contributed by atoms with E-state index in [1.165, 1.54) is 11.1 Å². The number of rotatable bonds is 2. The molecule has 2 aromatic rings. The molecule has 1 aromatic carbocycles. The molecule has 1 aromatic heterocycles. The van der Waals surface area contributed by atoms with Gasteiger partial charge in [-0.05, 0) is 17.5 Å². The number of carbonyl (C=O) groups is 1. The van der Waals surface area contributed by atoms with E-state index in [9.17, 15) is 4.79 Å². The molecule has 0 saturated carbocycles. The molecule has 0 bridgehead atoms. The fourth-order valence-electron chi connectivity index (χ4n) is 2.53. The van der Waals surface area contributed by atoms with Crippen molar-refractivity contribution in [3.05, 3.63) is 51.0 Å². The number of ketones is 1. The SMILES string of the molecule is CC(C)(C)c1csc(Cc2ccc3c(c2)CCC3=O)n1. The van der Waals surface area contributed by atoms with Gasteiger partial charge in [-0.15, -0.1) is 11.3 Å². The van der Waals surface area contributed by atoms with Gasteiger partial charge in [0.25, 0.3) is 0 Å². The number of nitrogens with zero attached hydrogens (tertiary/aromatic N) is 1. The molecule has 2 nitrogen and oxygen atoms in total. The van der Waals surface area contributed by atoms with E-state index in [-0.39, 0.29) is 11.2 Å². The minimum atomic E-state index is 0.110. The standard InChI is InChI=1S/C17H19NOS/c1-17(2,3)15-10-20-16(18-15)9-11-4-6-13-12(8-11)5-7-14(13)19/h4,6,8,10H,5,7,9H2,1-3H3. The van der Waals surface area contributed by atoms with Gasteiger partial charge < -0.3 is 0 Å². The maximum atomic E-state index is 11.6. The first-order chi connectivity index (χ1) is 9.43. The summed E-state index contributed by atoms with van der Waals surface area (Å²) in [5, 5.41) is 3.31. The van der Waals surface area contributed by atoms with Gasteiger partial charge in [0.2, 0.25) is 0 Å².